The molecular weight excluding hydrogens is 343 g/mol. The quantitative estimate of drug-likeness (QED) is 0.647. The van der Waals surface area contributed by atoms with Crippen LogP contribution in [0, 0.1) is 15.9 Å². The normalized spacial score (nSPS) is 10.2. The molecule has 0 saturated carbocycles. The molecule has 0 atom stereocenters. The Balaban J connectivity index is 2.19. The van der Waals surface area contributed by atoms with Crippen LogP contribution >= 0.6 is 15.9 Å². The SMILES string of the molecule is COc1ccc(Br)cc1CNc1ccc(F)c([N+](=O)[O-])c1. The number of halogens is 2. The Morgan fingerprint density at radius 3 is 2.76 bits per heavy atom. The van der Waals surface area contributed by atoms with Gasteiger partial charge in [0.1, 0.15) is 5.75 Å². The van der Waals surface area contributed by atoms with E-state index in [4.69, 9.17) is 4.74 Å². The number of hydrogen-bond acceptors (Lipinski definition) is 4. The van der Waals surface area contributed by atoms with Crippen LogP contribution in [0.25, 0.3) is 0 Å². The summed E-state index contributed by atoms with van der Waals surface area (Å²) in [6.07, 6.45) is 0. The van der Waals surface area contributed by atoms with E-state index in [1.165, 1.54) is 12.1 Å². The molecule has 21 heavy (non-hydrogen) atoms. The average molecular weight is 355 g/mol. The minimum Gasteiger partial charge on any atom is -0.496 e. The van der Waals surface area contributed by atoms with Gasteiger partial charge in [-0.2, -0.15) is 4.39 Å². The minimum absolute atomic E-state index is 0.394. The van der Waals surface area contributed by atoms with Crippen molar-refractivity contribution in [2.45, 2.75) is 6.54 Å². The molecule has 0 aliphatic rings. The van der Waals surface area contributed by atoms with Gasteiger partial charge in [0, 0.05) is 28.3 Å². The standard InChI is InChI=1S/C14H12BrFN2O3/c1-21-14-5-2-10(15)6-9(14)8-17-11-3-4-12(16)13(7-11)18(19)20/h2-7,17H,8H2,1H3. The molecule has 0 amide bonds. The highest BCUT2D eigenvalue weighted by atomic mass is 79.9. The Morgan fingerprint density at radius 1 is 1.33 bits per heavy atom. The Kier molecular flexibility index (Phi) is 4.74. The van der Waals surface area contributed by atoms with Gasteiger partial charge in [0.2, 0.25) is 5.82 Å². The summed E-state index contributed by atoms with van der Waals surface area (Å²) in [6.45, 7) is 0.394. The second kappa shape index (κ2) is 6.53. The monoisotopic (exact) mass is 354 g/mol. The fraction of sp³-hybridized carbons (Fsp3) is 0.143. The molecule has 0 aromatic heterocycles. The summed E-state index contributed by atoms with van der Waals surface area (Å²) in [7, 11) is 1.56. The number of nitro groups is 1. The van der Waals surface area contributed by atoms with Gasteiger partial charge in [0.25, 0.3) is 0 Å². The Labute approximate surface area is 129 Å². The molecule has 1 N–H and O–H groups in total. The summed E-state index contributed by atoms with van der Waals surface area (Å²) in [4.78, 5) is 9.96. The highest BCUT2D eigenvalue weighted by Crippen LogP contribution is 2.25. The highest BCUT2D eigenvalue weighted by Gasteiger charge is 2.14. The number of hydrogen-bond donors (Lipinski definition) is 1. The number of anilines is 1. The molecule has 0 saturated heterocycles. The van der Waals surface area contributed by atoms with Crippen LogP contribution in [-0.4, -0.2) is 12.0 Å². The van der Waals surface area contributed by atoms with Gasteiger partial charge in [-0.05, 0) is 30.3 Å². The lowest BCUT2D eigenvalue weighted by Crippen LogP contribution is -2.03. The van der Waals surface area contributed by atoms with Gasteiger partial charge in [-0.25, -0.2) is 0 Å². The fourth-order valence-corrected chi connectivity index (χ4v) is 2.25. The number of nitro benzene ring substituents is 1. The zero-order chi connectivity index (χ0) is 15.4. The van der Waals surface area contributed by atoms with Gasteiger partial charge in [0.15, 0.2) is 0 Å². The maximum absolute atomic E-state index is 13.3. The molecule has 2 aromatic carbocycles. The molecule has 0 radical (unpaired) electrons. The summed E-state index contributed by atoms with van der Waals surface area (Å²) in [5.74, 6) is -0.159. The van der Waals surface area contributed by atoms with Gasteiger partial charge in [-0.15, -0.1) is 0 Å². The van der Waals surface area contributed by atoms with Crippen LogP contribution in [0.2, 0.25) is 0 Å². The van der Waals surface area contributed by atoms with Crippen molar-refractivity contribution in [3.63, 3.8) is 0 Å². The zero-order valence-corrected chi connectivity index (χ0v) is 12.7. The highest BCUT2D eigenvalue weighted by molar-refractivity contribution is 9.10. The van der Waals surface area contributed by atoms with E-state index in [-0.39, 0.29) is 0 Å². The van der Waals surface area contributed by atoms with E-state index in [2.05, 4.69) is 21.2 Å². The lowest BCUT2D eigenvalue weighted by Gasteiger charge is -2.11. The second-order valence-electron chi connectivity index (χ2n) is 4.23. The van der Waals surface area contributed by atoms with Crippen LogP contribution < -0.4 is 10.1 Å². The first kappa shape index (κ1) is 15.2. The molecule has 2 rings (SSSR count). The van der Waals surface area contributed by atoms with Crippen LogP contribution in [-0.2, 0) is 6.54 Å². The van der Waals surface area contributed by atoms with E-state index in [0.29, 0.717) is 18.0 Å². The molecule has 0 aliphatic heterocycles. The predicted octanol–water partition coefficient (Wildman–Crippen LogP) is 4.12. The van der Waals surface area contributed by atoms with E-state index in [1.54, 1.807) is 7.11 Å². The van der Waals surface area contributed by atoms with Crippen molar-refractivity contribution in [3.8, 4) is 5.75 Å². The zero-order valence-electron chi connectivity index (χ0n) is 11.1. The first-order valence-electron chi connectivity index (χ1n) is 6.01. The molecule has 0 unspecified atom stereocenters. The molecule has 7 heteroatoms. The summed E-state index contributed by atoms with van der Waals surface area (Å²) in [6, 6.07) is 9.23. The van der Waals surface area contributed by atoms with E-state index >= 15 is 0 Å². The first-order valence-corrected chi connectivity index (χ1v) is 6.81. The fourth-order valence-electron chi connectivity index (χ4n) is 1.85. The largest absolute Gasteiger partial charge is 0.496 e. The van der Waals surface area contributed by atoms with Crippen LogP contribution in [0.5, 0.6) is 5.75 Å². The molecule has 0 fully saturated rings. The van der Waals surface area contributed by atoms with Crippen molar-refractivity contribution in [2.75, 3.05) is 12.4 Å². The minimum atomic E-state index is -0.856. The second-order valence-corrected chi connectivity index (χ2v) is 5.15. The molecule has 5 nitrogen and oxygen atoms in total. The molecule has 110 valence electrons. The average Bonchev–Trinajstić information content (AvgIpc) is 2.46. The molecule has 0 spiro atoms. The molecule has 0 bridgehead atoms. The topological polar surface area (TPSA) is 64.4 Å². The van der Waals surface area contributed by atoms with Crippen molar-refractivity contribution in [1.82, 2.24) is 0 Å². The van der Waals surface area contributed by atoms with Crippen molar-refractivity contribution >= 4 is 27.3 Å². The van der Waals surface area contributed by atoms with Crippen LogP contribution in [0.3, 0.4) is 0 Å². The van der Waals surface area contributed by atoms with E-state index < -0.39 is 16.4 Å². The van der Waals surface area contributed by atoms with Crippen molar-refractivity contribution in [3.05, 3.63) is 62.4 Å². The third kappa shape index (κ3) is 3.69. The molecule has 0 heterocycles. The number of nitrogens with one attached hydrogen (secondary N) is 1. The van der Waals surface area contributed by atoms with E-state index in [1.807, 2.05) is 18.2 Å². The van der Waals surface area contributed by atoms with Gasteiger partial charge < -0.3 is 10.1 Å². The Bertz CT molecular complexity index is 679. The lowest BCUT2D eigenvalue weighted by atomic mass is 10.2. The third-order valence-electron chi connectivity index (χ3n) is 2.87. The van der Waals surface area contributed by atoms with E-state index in [0.717, 1.165) is 16.1 Å². The van der Waals surface area contributed by atoms with Crippen LogP contribution in [0.4, 0.5) is 15.8 Å². The molecular formula is C14H12BrFN2O3. The Hall–Kier alpha value is -2.15. The number of benzene rings is 2. The smallest absolute Gasteiger partial charge is 0.306 e. The predicted molar refractivity (Wildman–Crippen MR) is 81.1 cm³/mol. The third-order valence-corrected chi connectivity index (χ3v) is 3.36. The maximum atomic E-state index is 13.3. The molecule has 2 aromatic rings. The Morgan fingerprint density at radius 2 is 2.10 bits per heavy atom. The number of nitrogens with zero attached hydrogens (tertiary/aromatic N) is 1. The van der Waals surface area contributed by atoms with Crippen molar-refractivity contribution in [2.24, 2.45) is 0 Å². The number of ether oxygens (including phenoxy) is 1. The van der Waals surface area contributed by atoms with Crippen molar-refractivity contribution < 1.29 is 14.1 Å². The van der Waals surface area contributed by atoms with E-state index in [9.17, 15) is 14.5 Å². The summed E-state index contributed by atoms with van der Waals surface area (Å²) < 4.78 is 19.4. The lowest BCUT2D eigenvalue weighted by molar-refractivity contribution is -0.387. The van der Waals surface area contributed by atoms with Gasteiger partial charge in [0.05, 0.1) is 12.0 Å². The number of methoxy groups -OCH3 is 1. The van der Waals surface area contributed by atoms with Crippen molar-refractivity contribution in [1.29, 1.82) is 0 Å². The van der Waals surface area contributed by atoms with Gasteiger partial charge in [-0.1, -0.05) is 15.9 Å². The van der Waals surface area contributed by atoms with Crippen LogP contribution in [0.15, 0.2) is 40.9 Å². The number of rotatable bonds is 5. The molecule has 0 aliphatic carbocycles. The summed E-state index contributed by atoms with van der Waals surface area (Å²) in [5.41, 5.74) is 0.783. The van der Waals surface area contributed by atoms with Gasteiger partial charge in [-0.3, -0.25) is 10.1 Å². The van der Waals surface area contributed by atoms with Crippen LogP contribution in [0.1, 0.15) is 5.56 Å². The van der Waals surface area contributed by atoms with Gasteiger partial charge >= 0.3 is 5.69 Å². The summed E-state index contributed by atoms with van der Waals surface area (Å²) in [5, 5.41) is 13.7. The maximum Gasteiger partial charge on any atom is 0.306 e. The summed E-state index contributed by atoms with van der Waals surface area (Å²) >= 11 is 3.37. The first-order chi connectivity index (χ1) is 10.0.